The molecule has 0 atom stereocenters. The maximum Gasteiger partial charge on any atom is -0.0351 e. The van der Waals surface area contributed by atoms with Gasteiger partial charge in [0.1, 0.15) is 0 Å². The van der Waals surface area contributed by atoms with E-state index in [-0.39, 0.29) is 0 Å². The lowest BCUT2D eigenvalue weighted by Gasteiger charge is -1.90. The predicted octanol–water partition coefficient (Wildman–Crippen LogP) is 5.94. The Hall–Kier alpha value is -1.47. The van der Waals surface area contributed by atoms with Gasteiger partial charge in [-0.25, -0.2) is 0 Å². The van der Waals surface area contributed by atoms with Gasteiger partial charge in [0.15, 0.2) is 0 Å². The van der Waals surface area contributed by atoms with E-state index in [1.807, 2.05) is 32.0 Å². The van der Waals surface area contributed by atoms with E-state index >= 15 is 0 Å². The lowest BCUT2D eigenvalue weighted by molar-refractivity contribution is 1.40. The Balaban J connectivity index is 0. The van der Waals surface area contributed by atoms with Crippen LogP contribution in [0.4, 0.5) is 0 Å². The van der Waals surface area contributed by atoms with Gasteiger partial charge in [-0.2, -0.15) is 0 Å². The van der Waals surface area contributed by atoms with Gasteiger partial charge in [-0.15, -0.1) is 0 Å². The summed E-state index contributed by atoms with van der Waals surface area (Å²) in [5, 5.41) is 0. The third-order valence-electron chi connectivity index (χ3n) is 2.16. The van der Waals surface area contributed by atoms with Crippen LogP contribution in [0.3, 0.4) is 0 Å². The number of thiocarbonyl (C=S) groups is 1. The second kappa shape index (κ2) is 14.6. The van der Waals surface area contributed by atoms with Crippen molar-refractivity contribution in [3.05, 3.63) is 71.3 Å². The molecule has 19 heavy (non-hydrogen) atoms. The minimum absolute atomic E-state index is 1.32. The molecule has 0 radical (unpaired) electrons. The molecule has 0 amide bonds. The average molecular weight is 274 g/mol. The summed E-state index contributed by atoms with van der Waals surface area (Å²) in [4.78, 5) is 0. The van der Waals surface area contributed by atoms with Crippen LogP contribution < -0.4 is 0 Å². The van der Waals surface area contributed by atoms with Crippen LogP contribution in [0.15, 0.2) is 54.6 Å². The Morgan fingerprint density at radius 3 is 1.05 bits per heavy atom. The molecular weight excluding hydrogens is 248 g/mol. The molecule has 0 nitrogen and oxygen atoms in total. The Morgan fingerprint density at radius 1 is 0.579 bits per heavy atom. The maximum absolute atomic E-state index is 3.83. The lowest BCUT2D eigenvalue weighted by atomic mass is 10.2. The van der Waals surface area contributed by atoms with E-state index in [0.29, 0.717) is 0 Å². The average Bonchev–Trinajstić information content (AvgIpc) is 2.48. The van der Waals surface area contributed by atoms with Crippen molar-refractivity contribution < 1.29 is 0 Å². The predicted molar refractivity (Wildman–Crippen MR) is 93.2 cm³/mol. The molecule has 0 aliphatic carbocycles. The molecule has 0 fully saturated rings. The third kappa shape index (κ3) is 12.8. The third-order valence-corrected chi connectivity index (χ3v) is 2.16. The van der Waals surface area contributed by atoms with Crippen LogP contribution in [-0.4, -0.2) is 5.87 Å². The quantitative estimate of drug-likeness (QED) is 0.536. The molecule has 0 bridgehead atoms. The van der Waals surface area contributed by atoms with Crippen molar-refractivity contribution in [1.82, 2.24) is 0 Å². The Labute approximate surface area is 124 Å². The molecule has 0 unspecified atom stereocenters. The SMILES string of the molecule is C=S.CC.Cc1ccc(C)cc1.Cc1ccccc1. The molecule has 0 N–H and O–H groups in total. The van der Waals surface area contributed by atoms with Gasteiger partial charge in [-0.05, 0) is 26.6 Å². The molecule has 1 heteroatoms. The van der Waals surface area contributed by atoms with Gasteiger partial charge < -0.3 is 0 Å². The Bertz CT molecular complexity index is 369. The molecule has 2 aromatic rings. The summed E-state index contributed by atoms with van der Waals surface area (Å²) in [5.74, 6) is 2.83. The zero-order valence-corrected chi connectivity index (χ0v) is 13.6. The van der Waals surface area contributed by atoms with Crippen molar-refractivity contribution in [3.63, 3.8) is 0 Å². The van der Waals surface area contributed by atoms with E-state index in [9.17, 15) is 0 Å². The minimum Gasteiger partial charge on any atom is -0.0973 e. The molecule has 0 saturated carbocycles. The fraction of sp³-hybridized carbons (Fsp3) is 0.278. The summed E-state index contributed by atoms with van der Waals surface area (Å²) < 4.78 is 0. The van der Waals surface area contributed by atoms with E-state index in [4.69, 9.17) is 0 Å². The molecule has 0 saturated heterocycles. The summed E-state index contributed by atoms with van der Waals surface area (Å²) in [6.45, 7) is 10.3. The van der Waals surface area contributed by atoms with Gasteiger partial charge >= 0.3 is 0 Å². The Kier molecular flexibility index (Phi) is 15.3. The molecule has 0 aromatic heterocycles. The van der Waals surface area contributed by atoms with Crippen LogP contribution in [0.25, 0.3) is 0 Å². The summed E-state index contributed by atoms with van der Waals surface area (Å²) in [6, 6.07) is 18.7. The summed E-state index contributed by atoms with van der Waals surface area (Å²) in [5.41, 5.74) is 3.98. The van der Waals surface area contributed by atoms with Gasteiger partial charge in [0.05, 0.1) is 0 Å². The fourth-order valence-electron chi connectivity index (χ4n) is 1.17. The van der Waals surface area contributed by atoms with Crippen molar-refractivity contribution >= 4 is 18.1 Å². The summed E-state index contributed by atoms with van der Waals surface area (Å²) in [7, 11) is 0. The van der Waals surface area contributed by atoms with Gasteiger partial charge in [0, 0.05) is 0 Å². The molecule has 0 aliphatic rings. The van der Waals surface area contributed by atoms with Gasteiger partial charge in [0.2, 0.25) is 0 Å². The number of benzene rings is 2. The molecule has 0 aliphatic heterocycles. The largest absolute Gasteiger partial charge is 0.0973 e. The highest BCUT2D eigenvalue weighted by atomic mass is 32.1. The number of hydrogen-bond acceptors (Lipinski definition) is 1. The van der Waals surface area contributed by atoms with Crippen molar-refractivity contribution in [2.75, 3.05) is 0 Å². The van der Waals surface area contributed by atoms with E-state index in [1.165, 1.54) is 16.7 Å². The first-order chi connectivity index (χ1) is 9.18. The van der Waals surface area contributed by atoms with Crippen LogP contribution in [0.1, 0.15) is 30.5 Å². The van der Waals surface area contributed by atoms with Crippen LogP contribution in [0.5, 0.6) is 0 Å². The number of hydrogen-bond donors (Lipinski definition) is 0. The normalized spacial score (nSPS) is 7.63. The van der Waals surface area contributed by atoms with Gasteiger partial charge in [-0.3, -0.25) is 0 Å². The molecule has 104 valence electrons. The second-order valence-electron chi connectivity index (χ2n) is 3.81. The second-order valence-corrected chi connectivity index (χ2v) is 3.81. The number of rotatable bonds is 0. The lowest BCUT2D eigenvalue weighted by Crippen LogP contribution is -1.70. The highest BCUT2D eigenvalue weighted by Gasteiger charge is 1.79. The van der Waals surface area contributed by atoms with Crippen molar-refractivity contribution in [3.8, 4) is 0 Å². The smallest absolute Gasteiger partial charge is 0.0351 e. The molecule has 0 spiro atoms. The van der Waals surface area contributed by atoms with Crippen LogP contribution >= 0.6 is 12.2 Å². The van der Waals surface area contributed by atoms with Crippen LogP contribution in [-0.2, 0) is 0 Å². The van der Waals surface area contributed by atoms with Crippen molar-refractivity contribution in [2.45, 2.75) is 34.6 Å². The molecule has 0 heterocycles. The van der Waals surface area contributed by atoms with E-state index in [1.54, 1.807) is 0 Å². The maximum atomic E-state index is 3.83. The summed E-state index contributed by atoms with van der Waals surface area (Å²) in [6.07, 6.45) is 0. The van der Waals surface area contributed by atoms with E-state index in [0.717, 1.165) is 0 Å². The minimum atomic E-state index is 1.32. The van der Waals surface area contributed by atoms with Crippen molar-refractivity contribution in [2.24, 2.45) is 0 Å². The van der Waals surface area contributed by atoms with Gasteiger partial charge in [-0.1, -0.05) is 97.4 Å². The zero-order chi connectivity index (χ0) is 15.1. The number of aryl methyl sites for hydroxylation is 3. The first-order valence-electron chi connectivity index (χ1n) is 6.52. The molecule has 2 rings (SSSR count). The molecular formula is C18H26S. The first kappa shape index (κ1) is 19.9. The standard InChI is InChI=1S/C8H10.C7H8.C2H6.CH2S/c1-7-3-5-8(2)6-4-7;1-7-5-3-2-4-6-7;2*1-2/h3-6H,1-2H3;2-6H,1H3;1-2H3;1H2. The van der Waals surface area contributed by atoms with Crippen LogP contribution in [0, 0.1) is 20.8 Å². The highest BCUT2D eigenvalue weighted by molar-refractivity contribution is 7.77. The first-order valence-corrected chi connectivity index (χ1v) is 7.10. The Morgan fingerprint density at radius 2 is 0.842 bits per heavy atom. The van der Waals surface area contributed by atoms with Gasteiger partial charge in [0.25, 0.3) is 0 Å². The zero-order valence-electron chi connectivity index (χ0n) is 12.8. The van der Waals surface area contributed by atoms with E-state index in [2.05, 4.69) is 75.3 Å². The fourth-order valence-corrected chi connectivity index (χ4v) is 1.17. The highest BCUT2D eigenvalue weighted by Crippen LogP contribution is 1.99. The van der Waals surface area contributed by atoms with Crippen LogP contribution in [0.2, 0.25) is 0 Å². The topological polar surface area (TPSA) is 0 Å². The summed E-state index contributed by atoms with van der Waals surface area (Å²) >= 11 is 3.83. The van der Waals surface area contributed by atoms with E-state index < -0.39 is 0 Å². The van der Waals surface area contributed by atoms with Crippen molar-refractivity contribution in [1.29, 1.82) is 0 Å². The monoisotopic (exact) mass is 274 g/mol. The molecule has 2 aromatic carbocycles.